The van der Waals surface area contributed by atoms with Gasteiger partial charge in [-0.05, 0) is 25.3 Å². The number of hydrogen-bond donors (Lipinski definition) is 2. The lowest BCUT2D eigenvalue weighted by molar-refractivity contribution is -0.157. The number of carbonyl (C=O) groups is 2. The zero-order valence-electron chi connectivity index (χ0n) is 13.3. The molecule has 5 nitrogen and oxygen atoms in total. The number of hydrogen-bond acceptors (Lipinski definition) is 2. The summed E-state index contributed by atoms with van der Waals surface area (Å²) in [6.07, 6.45) is -3.62. The van der Waals surface area contributed by atoms with Gasteiger partial charge in [-0.2, -0.15) is 13.2 Å². The highest BCUT2D eigenvalue weighted by Crippen LogP contribution is 2.20. The topological polar surface area (TPSA) is 61.4 Å². The largest absolute Gasteiger partial charge is 0.406 e. The highest BCUT2D eigenvalue weighted by molar-refractivity contribution is 5.88. The van der Waals surface area contributed by atoms with Crippen LogP contribution < -0.4 is 10.6 Å². The highest BCUT2D eigenvalue weighted by atomic mass is 19.4. The number of halogens is 3. The van der Waals surface area contributed by atoms with Crippen LogP contribution in [0.5, 0.6) is 0 Å². The molecular formula is C16H20F3N3O2. The third-order valence-electron chi connectivity index (χ3n) is 3.75. The summed E-state index contributed by atoms with van der Waals surface area (Å²) < 4.78 is 37.0. The van der Waals surface area contributed by atoms with Crippen LogP contribution in [0.1, 0.15) is 17.5 Å². The fourth-order valence-electron chi connectivity index (χ4n) is 2.64. The number of rotatable bonds is 5. The average Bonchev–Trinajstić information content (AvgIpc) is 2.78. The molecule has 0 radical (unpaired) electrons. The molecule has 1 saturated heterocycles. The molecule has 132 valence electrons. The molecule has 0 aromatic heterocycles. The minimum Gasteiger partial charge on any atom is -0.338 e. The lowest BCUT2D eigenvalue weighted by atomic mass is 10.1. The predicted octanol–water partition coefficient (Wildman–Crippen LogP) is 2.00. The van der Waals surface area contributed by atoms with Crippen LogP contribution in [0.2, 0.25) is 0 Å². The van der Waals surface area contributed by atoms with E-state index in [9.17, 15) is 22.8 Å². The molecule has 0 spiro atoms. The Balaban J connectivity index is 1.74. The minimum atomic E-state index is -4.43. The van der Waals surface area contributed by atoms with E-state index in [1.807, 2.05) is 31.2 Å². The zero-order valence-corrected chi connectivity index (χ0v) is 13.3. The number of carbonyl (C=O) groups excluding carboxylic acids is 2. The minimum absolute atomic E-state index is 0.00736. The molecule has 1 aromatic carbocycles. The lowest BCUT2D eigenvalue weighted by Crippen LogP contribution is -2.47. The standard InChI is InChI=1S/C16H20F3N3O2/c1-11-3-2-4-12(9-11)5-7-20-15(24)21-13-6-8-22(14(13)23)10-16(17,18)19/h2-4,9,13H,5-8,10H2,1H3,(H2,20,21,24). The van der Waals surface area contributed by atoms with E-state index in [2.05, 4.69) is 10.6 Å². The van der Waals surface area contributed by atoms with Gasteiger partial charge in [0.05, 0.1) is 0 Å². The summed E-state index contributed by atoms with van der Waals surface area (Å²) in [4.78, 5) is 24.3. The fourth-order valence-corrected chi connectivity index (χ4v) is 2.64. The average molecular weight is 343 g/mol. The Bertz CT molecular complexity index is 604. The number of aryl methyl sites for hydroxylation is 1. The van der Waals surface area contributed by atoms with Crippen LogP contribution in [0, 0.1) is 6.92 Å². The van der Waals surface area contributed by atoms with Crippen molar-refractivity contribution in [3.05, 3.63) is 35.4 Å². The van der Waals surface area contributed by atoms with Crippen LogP contribution in [0.4, 0.5) is 18.0 Å². The Labute approximate surface area is 138 Å². The maximum Gasteiger partial charge on any atom is 0.406 e. The number of benzene rings is 1. The summed E-state index contributed by atoms with van der Waals surface area (Å²) >= 11 is 0. The highest BCUT2D eigenvalue weighted by Gasteiger charge is 2.39. The van der Waals surface area contributed by atoms with Crippen LogP contribution in [0.15, 0.2) is 24.3 Å². The van der Waals surface area contributed by atoms with Gasteiger partial charge < -0.3 is 15.5 Å². The number of alkyl halides is 3. The van der Waals surface area contributed by atoms with Crippen molar-refractivity contribution in [2.24, 2.45) is 0 Å². The van der Waals surface area contributed by atoms with E-state index < -0.39 is 30.7 Å². The van der Waals surface area contributed by atoms with Crippen molar-refractivity contribution in [2.75, 3.05) is 19.6 Å². The Morgan fingerprint density at radius 1 is 1.38 bits per heavy atom. The van der Waals surface area contributed by atoms with Gasteiger partial charge in [-0.1, -0.05) is 29.8 Å². The molecule has 24 heavy (non-hydrogen) atoms. The number of nitrogens with zero attached hydrogens (tertiary/aromatic N) is 1. The summed E-state index contributed by atoms with van der Waals surface area (Å²) in [7, 11) is 0. The fraction of sp³-hybridized carbons (Fsp3) is 0.500. The van der Waals surface area contributed by atoms with Gasteiger partial charge in [-0.25, -0.2) is 4.79 Å². The molecule has 8 heteroatoms. The molecule has 0 aliphatic carbocycles. The second-order valence-electron chi connectivity index (χ2n) is 5.86. The van der Waals surface area contributed by atoms with Crippen molar-refractivity contribution >= 4 is 11.9 Å². The molecule has 1 aliphatic rings. The van der Waals surface area contributed by atoms with E-state index in [4.69, 9.17) is 0 Å². The first-order valence-corrected chi connectivity index (χ1v) is 7.70. The van der Waals surface area contributed by atoms with Crippen molar-refractivity contribution in [1.29, 1.82) is 0 Å². The van der Waals surface area contributed by atoms with E-state index in [0.29, 0.717) is 13.0 Å². The second-order valence-corrected chi connectivity index (χ2v) is 5.86. The Kier molecular flexibility index (Phi) is 5.69. The number of likely N-dealkylation sites (tertiary alicyclic amines) is 1. The third-order valence-corrected chi connectivity index (χ3v) is 3.75. The van der Waals surface area contributed by atoms with E-state index >= 15 is 0 Å². The molecule has 1 atom stereocenters. The molecular weight excluding hydrogens is 323 g/mol. The van der Waals surface area contributed by atoms with Crippen LogP contribution in [0.3, 0.4) is 0 Å². The Morgan fingerprint density at radius 2 is 2.12 bits per heavy atom. The molecule has 1 aliphatic heterocycles. The molecule has 0 bridgehead atoms. The van der Waals surface area contributed by atoms with Crippen LogP contribution in [-0.2, 0) is 11.2 Å². The van der Waals surface area contributed by atoms with Crippen molar-refractivity contribution in [1.82, 2.24) is 15.5 Å². The normalized spacial score (nSPS) is 17.9. The molecule has 1 fully saturated rings. The van der Waals surface area contributed by atoms with Crippen LogP contribution in [0.25, 0.3) is 0 Å². The van der Waals surface area contributed by atoms with Gasteiger partial charge in [0.25, 0.3) is 0 Å². The monoisotopic (exact) mass is 343 g/mol. The quantitative estimate of drug-likeness (QED) is 0.859. The summed E-state index contributed by atoms with van der Waals surface area (Å²) in [6.45, 7) is 1.07. The van der Waals surface area contributed by atoms with Gasteiger partial charge in [0.2, 0.25) is 5.91 Å². The number of nitrogens with one attached hydrogen (secondary N) is 2. The molecule has 1 unspecified atom stereocenters. The molecule has 2 rings (SSSR count). The van der Waals surface area contributed by atoms with E-state index in [0.717, 1.165) is 16.0 Å². The molecule has 0 saturated carbocycles. The van der Waals surface area contributed by atoms with E-state index in [-0.39, 0.29) is 13.0 Å². The van der Waals surface area contributed by atoms with Crippen molar-refractivity contribution in [3.8, 4) is 0 Å². The summed E-state index contributed by atoms with van der Waals surface area (Å²) in [6, 6.07) is 6.41. The van der Waals surface area contributed by atoms with Crippen LogP contribution in [-0.4, -0.2) is 48.7 Å². The Hall–Kier alpha value is -2.25. The first kappa shape index (κ1) is 18.1. The van der Waals surface area contributed by atoms with Crippen LogP contribution >= 0.6 is 0 Å². The maximum absolute atomic E-state index is 12.3. The first-order chi connectivity index (χ1) is 11.2. The lowest BCUT2D eigenvalue weighted by Gasteiger charge is -2.18. The van der Waals surface area contributed by atoms with Crippen molar-refractivity contribution in [2.45, 2.75) is 32.0 Å². The molecule has 1 aromatic rings. The van der Waals surface area contributed by atoms with Gasteiger partial charge in [0.15, 0.2) is 0 Å². The van der Waals surface area contributed by atoms with E-state index in [1.165, 1.54) is 0 Å². The second kappa shape index (κ2) is 7.55. The molecule has 3 amide bonds. The summed E-state index contributed by atoms with van der Waals surface area (Å²) in [5, 5.41) is 5.05. The van der Waals surface area contributed by atoms with Crippen molar-refractivity contribution in [3.63, 3.8) is 0 Å². The molecule has 1 heterocycles. The summed E-state index contributed by atoms with van der Waals surface area (Å²) in [5.74, 6) is -0.693. The SMILES string of the molecule is Cc1cccc(CCNC(=O)NC2CCN(CC(F)(F)F)C2=O)c1. The van der Waals surface area contributed by atoms with Gasteiger partial charge in [-0.15, -0.1) is 0 Å². The van der Waals surface area contributed by atoms with E-state index in [1.54, 1.807) is 0 Å². The van der Waals surface area contributed by atoms with Crippen molar-refractivity contribution < 1.29 is 22.8 Å². The number of amides is 3. The van der Waals surface area contributed by atoms with Gasteiger partial charge in [0, 0.05) is 13.1 Å². The van der Waals surface area contributed by atoms with Gasteiger partial charge in [-0.3, -0.25) is 4.79 Å². The maximum atomic E-state index is 12.3. The van der Waals surface area contributed by atoms with Gasteiger partial charge in [0.1, 0.15) is 12.6 Å². The smallest absolute Gasteiger partial charge is 0.338 e. The molecule has 2 N–H and O–H groups in total. The van der Waals surface area contributed by atoms with Gasteiger partial charge >= 0.3 is 12.2 Å². The predicted molar refractivity (Wildman–Crippen MR) is 82.5 cm³/mol. The number of urea groups is 1. The third kappa shape index (κ3) is 5.43. The Morgan fingerprint density at radius 3 is 2.79 bits per heavy atom. The zero-order chi connectivity index (χ0) is 17.7. The first-order valence-electron chi connectivity index (χ1n) is 7.70. The summed E-state index contributed by atoms with van der Waals surface area (Å²) in [5.41, 5.74) is 2.20.